The molecule has 7 nitrogen and oxygen atoms in total. The zero-order valence-electron chi connectivity index (χ0n) is 18.1. The van der Waals surface area contributed by atoms with E-state index in [2.05, 4.69) is 15.3 Å². The van der Waals surface area contributed by atoms with Crippen LogP contribution in [0.2, 0.25) is 0 Å². The van der Waals surface area contributed by atoms with Crippen LogP contribution >= 0.6 is 11.3 Å². The first-order valence-electron chi connectivity index (χ1n) is 9.79. The first-order valence-corrected chi connectivity index (χ1v) is 10.6. The van der Waals surface area contributed by atoms with E-state index in [1.807, 2.05) is 32.0 Å². The number of ether oxygens (including phenoxy) is 2. The summed E-state index contributed by atoms with van der Waals surface area (Å²) in [5, 5.41) is 4.33. The first kappa shape index (κ1) is 21.8. The number of hydrogen-bond donors (Lipinski definition) is 2. The highest BCUT2D eigenvalue weighted by atomic mass is 32.1. The molecule has 0 aliphatic carbocycles. The van der Waals surface area contributed by atoms with E-state index >= 15 is 0 Å². The smallest absolute Gasteiger partial charge is 0.355 e. The van der Waals surface area contributed by atoms with Gasteiger partial charge in [-0.3, -0.25) is 0 Å². The van der Waals surface area contributed by atoms with Gasteiger partial charge in [0.25, 0.3) is 0 Å². The molecule has 0 spiro atoms. The van der Waals surface area contributed by atoms with Crippen LogP contribution in [0, 0.1) is 6.92 Å². The van der Waals surface area contributed by atoms with Crippen molar-refractivity contribution in [2.24, 2.45) is 0 Å². The third kappa shape index (κ3) is 4.64. The number of nitrogens with zero attached hydrogens (tertiary/aromatic N) is 1. The summed E-state index contributed by atoms with van der Waals surface area (Å²) in [7, 11) is 1.33. The van der Waals surface area contributed by atoms with Crippen molar-refractivity contribution in [3.63, 3.8) is 0 Å². The van der Waals surface area contributed by atoms with Crippen LogP contribution in [0.5, 0.6) is 0 Å². The van der Waals surface area contributed by atoms with Crippen LogP contribution in [0.25, 0.3) is 10.2 Å². The van der Waals surface area contributed by atoms with Crippen LogP contribution < -0.4 is 5.32 Å². The molecule has 0 amide bonds. The Hall–Kier alpha value is -2.87. The van der Waals surface area contributed by atoms with Gasteiger partial charge < -0.3 is 19.8 Å². The average molecular weight is 430 g/mol. The van der Waals surface area contributed by atoms with Gasteiger partial charge in [-0.05, 0) is 57.9 Å². The molecule has 2 aromatic heterocycles. The van der Waals surface area contributed by atoms with Gasteiger partial charge in [-0.15, -0.1) is 11.3 Å². The zero-order chi connectivity index (χ0) is 22.1. The Morgan fingerprint density at radius 3 is 2.60 bits per heavy atom. The molecule has 0 saturated heterocycles. The van der Waals surface area contributed by atoms with Gasteiger partial charge in [0.2, 0.25) is 0 Å². The topological polar surface area (TPSA) is 93.3 Å². The Bertz CT molecular complexity index is 1090. The Morgan fingerprint density at radius 1 is 1.23 bits per heavy atom. The molecule has 8 heteroatoms. The van der Waals surface area contributed by atoms with Crippen molar-refractivity contribution >= 4 is 39.2 Å². The van der Waals surface area contributed by atoms with Gasteiger partial charge in [0.05, 0.1) is 34.4 Å². The number of aromatic amines is 1. The highest BCUT2D eigenvalue weighted by Crippen LogP contribution is 2.27. The number of methoxy groups -OCH3 is 1. The van der Waals surface area contributed by atoms with Crippen LogP contribution in [0.15, 0.2) is 18.2 Å². The van der Waals surface area contributed by atoms with E-state index in [-0.39, 0.29) is 5.69 Å². The van der Waals surface area contributed by atoms with Crippen LogP contribution in [-0.4, -0.2) is 34.6 Å². The fourth-order valence-corrected chi connectivity index (χ4v) is 4.14. The van der Waals surface area contributed by atoms with E-state index < -0.39 is 17.5 Å². The lowest BCUT2D eigenvalue weighted by molar-refractivity contribution is 0.00622. The first-order chi connectivity index (χ1) is 14.1. The number of carbonyl (C=O) groups is 2. The van der Waals surface area contributed by atoms with Crippen molar-refractivity contribution < 1.29 is 19.1 Å². The maximum atomic E-state index is 12.7. The van der Waals surface area contributed by atoms with Crippen molar-refractivity contribution in [2.45, 2.75) is 53.2 Å². The summed E-state index contributed by atoms with van der Waals surface area (Å²) in [5.41, 5.74) is 3.06. The summed E-state index contributed by atoms with van der Waals surface area (Å²) in [4.78, 5) is 32.8. The maximum Gasteiger partial charge on any atom is 0.355 e. The lowest BCUT2D eigenvalue weighted by atomic mass is 10.1. The highest BCUT2D eigenvalue weighted by molar-refractivity contribution is 7.18. The number of fused-ring (bicyclic) bond motifs is 1. The van der Waals surface area contributed by atoms with Gasteiger partial charge in [-0.25, -0.2) is 14.6 Å². The predicted octanol–water partition coefficient (Wildman–Crippen LogP) is 4.85. The predicted molar refractivity (Wildman–Crippen MR) is 118 cm³/mol. The molecule has 1 aromatic carbocycles. The number of hydrogen-bond acceptors (Lipinski definition) is 7. The van der Waals surface area contributed by atoms with Gasteiger partial charge in [0.15, 0.2) is 0 Å². The Labute approximate surface area is 179 Å². The van der Waals surface area contributed by atoms with Crippen molar-refractivity contribution in [1.82, 2.24) is 9.97 Å². The van der Waals surface area contributed by atoms with Gasteiger partial charge in [-0.2, -0.15) is 0 Å². The lowest BCUT2D eigenvalue weighted by Gasteiger charge is -2.19. The average Bonchev–Trinajstić information content (AvgIpc) is 3.23. The van der Waals surface area contributed by atoms with Crippen molar-refractivity contribution in [2.75, 3.05) is 12.4 Å². The highest BCUT2D eigenvalue weighted by Gasteiger charge is 2.28. The van der Waals surface area contributed by atoms with E-state index in [4.69, 9.17) is 9.47 Å². The molecule has 0 radical (unpaired) electrons. The number of anilines is 1. The fourth-order valence-electron chi connectivity index (χ4n) is 3.27. The Balaban J connectivity index is 1.93. The van der Waals surface area contributed by atoms with E-state index in [9.17, 15) is 9.59 Å². The number of thiazole rings is 1. The number of aromatic nitrogens is 2. The number of H-pyrrole nitrogens is 1. The minimum atomic E-state index is -0.640. The Morgan fingerprint density at radius 2 is 1.97 bits per heavy atom. The maximum absolute atomic E-state index is 12.7. The summed E-state index contributed by atoms with van der Waals surface area (Å²) in [5.74, 6) is -0.972. The van der Waals surface area contributed by atoms with Gasteiger partial charge >= 0.3 is 11.9 Å². The molecular weight excluding hydrogens is 402 g/mol. The molecule has 3 rings (SSSR count). The molecule has 0 aliphatic heterocycles. The molecule has 0 fully saturated rings. The monoisotopic (exact) mass is 429 g/mol. The summed E-state index contributed by atoms with van der Waals surface area (Å²) >= 11 is 1.62. The van der Waals surface area contributed by atoms with Gasteiger partial charge in [0, 0.05) is 11.4 Å². The van der Waals surface area contributed by atoms with Crippen LogP contribution in [-0.2, 0) is 22.4 Å². The SMILES string of the molecule is CCc1c(C(=O)OC(C)(C)C)[nH]c(CNc2ccc3nc(C)sc3c2)c1C(=O)OC. The van der Waals surface area contributed by atoms with Crippen molar-refractivity contribution in [3.8, 4) is 0 Å². The third-order valence-electron chi connectivity index (χ3n) is 4.49. The zero-order valence-corrected chi connectivity index (χ0v) is 19.0. The molecule has 0 atom stereocenters. The van der Waals surface area contributed by atoms with Gasteiger partial charge in [0.1, 0.15) is 11.3 Å². The second-order valence-corrected chi connectivity index (χ2v) is 9.18. The summed E-state index contributed by atoms with van der Waals surface area (Å²) in [6, 6.07) is 5.93. The van der Waals surface area contributed by atoms with E-state index in [0.717, 1.165) is 20.9 Å². The number of carbonyl (C=O) groups excluding carboxylic acids is 2. The molecule has 2 N–H and O–H groups in total. The van der Waals surface area contributed by atoms with Crippen LogP contribution in [0.4, 0.5) is 5.69 Å². The number of esters is 2. The summed E-state index contributed by atoms with van der Waals surface area (Å²) in [6.07, 6.45) is 0.488. The quantitative estimate of drug-likeness (QED) is 0.544. The molecule has 3 aromatic rings. The molecular formula is C22H27N3O4S. The van der Waals surface area contributed by atoms with Gasteiger partial charge in [-0.1, -0.05) is 6.92 Å². The van der Waals surface area contributed by atoms with E-state index in [1.54, 1.807) is 32.1 Å². The standard InChI is InChI=1S/C22H27N3O4S/c1-7-14-18(20(26)28-6)16(25-19(14)21(27)29-22(3,4)5)11-23-13-8-9-15-17(10-13)30-12(2)24-15/h8-10,23,25H,7,11H2,1-6H3. The Kier molecular flexibility index (Phi) is 6.17. The molecule has 2 heterocycles. The van der Waals surface area contributed by atoms with E-state index in [0.29, 0.717) is 29.8 Å². The minimum absolute atomic E-state index is 0.290. The fraction of sp³-hybridized carbons (Fsp3) is 0.409. The second kappa shape index (κ2) is 8.47. The van der Waals surface area contributed by atoms with Crippen molar-refractivity contribution in [1.29, 1.82) is 0 Å². The third-order valence-corrected chi connectivity index (χ3v) is 5.43. The summed E-state index contributed by atoms with van der Waals surface area (Å²) in [6.45, 7) is 9.61. The number of nitrogens with one attached hydrogen (secondary N) is 2. The van der Waals surface area contributed by atoms with E-state index in [1.165, 1.54) is 7.11 Å². The van der Waals surface area contributed by atoms with Crippen molar-refractivity contribution in [3.05, 3.63) is 45.7 Å². The molecule has 0 saturated carbocycles. The largest absolute Gasteiger partial charge is 0.465 e. The minimum Gasteiger partial charge on any atom is -0.465 e. The molecule has 30 heavy (non-hydrogen) atoms. The number of benzene rings is 1. The molecule has 0 bridgehead atoms. The molecule has 0 aliphatic rings. The van der Waals surface area contributed by atoms with Crippen LogP contribution in [0.3, 0.4) is 0 Å². The normalized spacial score (nSPS) is 11.5. The number of aryl methyl sites for hydroxylation is 1. The van der Waals surface area contributed by atoms with Crippen LogP contribution in [0.1, 0.15) is 64.8 Å². The summed E-state index contributed by atoms with van der Waals surface area (Å²) < 4.78 is 11.6. The number of rotatable bonds is 6. The lowest BCUT2D eigenvalue weighted by Crippen LogP contribution is -2.24. The molecule has 0 unspecified atom stereocenters. The molecule has 160 valence electrons. The second-order valence-electron chi connectivity index (χ2n) is 7.95.